The van der Waals surface area contributed by atoms with E-state index in [9.17, 15) is 8.42 Å². The standard InChI is InChI=1S/C10H13NO2S/c1-3-11(4-2)14(12,13)10-8-6-5-7-9-10/h5-9H,1-4H2. The summed E-state index contributed by atoms with van der Waals surface area (Å²) in [6.45, 7) is 7.50. The van der Waals surface area contributed by atoms with Crippen LogP contribution in [0.4, 0.5) is 0 Å². The van der Waals surface area contributed by atoms with E-state index in [-0.39, 0.29) is 18.0 Å². The molecule has 4 heteroatoms. The van der Waals surface area contributed by atoms with E-state index in [1.165, 1.54) is 4.31 Å². The van der Waals surface area contributed by atoms with Crippen LogP contribution in [-0.4, -0.2) is 25.8 Å². The van der Waals surface area contributed by atoms with E-state index in [4.69, 9.17) is 0 Å². The van der Waals surface area contributed by atoms with Gasteiger partial charge in [-0.15, -0.1) is 0 Å². The third-order valence-electron chi connectivity index (χ3n) is 1.88. The largest absolute Gasteiger partial charge is 0.243 e. The van der Waals surface area contributed by atoms with Gasteiger partial charge >= 0.3 is 0 Å². The van der Waals surface area contributed by atoms with E-state index in [0.717, 1.165) is 0 Å². The van der Waals surface area contributed by atoms with Crippen molar-refractivity contribution in [1.82, 2.24) is 4.31 Å². The first kappa shape index (κ1) is 11.2. The molecule has 0 bridgehead atoms. The molecule has 1 aromatic rings. The minimum absolute atomic E-state index is 0.195. The van der Waals surface area contributed by atoms with E-state index in [0.29, 0.717) is 0 Å². The lowest BCUT2D eigenvalue weighted by molar-refractivity contribution is 0.472. The molecule has 14 heavy (non-hydrogen) atoms. The van der Waals surface area contributed by atoms with Crippen LogP contribution in [-0.2, 0) is 10.0 Å². The molecule has 0 atom stereocenters. The third kappa shape index (κ3) is 2.13. The lowest BCUT2D eigenvalue weighted by Crippen LogP contribution is -2.30. The van der Waals surface area contributed by atoms with Crippen molar-refractivity contribution in [3.8, 4) is 0 Å². The van der Waals surface area contributed by atoms with Crippen LogP contribution < -0.4 is 0 Å². The molecule has 0 aliphatic heterocycles. The Labute approximate surface area is 85.4 Å². The molecule has 76 valence electrons. The maximum atomic E-state index is 11.8. The van der Waals surface area contributed by atoms with Crippen molar-refractivity contribution in [2.24, 2.45) is 0 Å². The molecule has 0 aromatic heterocycles. The van der Waals surface area contributed by atoms with Gasteiger partial charge in [-0.2, -0.15) is 4.31 Å². The van der Waals surface area contributed by atoms with Gasteiger partial charge in [0.05, 0.1) is 4.90 Å². The van der Waals surface area contributed by atoms with E-state index in [1.54, 1.807) is 30.3 Å². The maximum absolute atomic E-state index is 11.8. The molecular formula is C10H13NO2S. The van der Waals surface area contributed by atoms with Crippen molar-refractivity contribution in [1.29, 1.82) is 0 Å². The third-order valence-corrected chi connectivity index (χ3v) is 3.79. The molecule has 2 radical (unpaired) electrons. The number of hydrogen-bond donors (Lipinski definition) is 0. The maximum Gasteiger partial charge on any atom is 0.243 e. The zero-order valence-electron chi connectivity index (χ0n) is 7.89. The minimum atomic E-state index is -3.39. The summed E-state index contributed by atoms with van der Waals surface area (Å²) in [5.74, 6) is 0. The number of rotatable bonds is 4. The second kappa shape index (κ2) is 4.57. The fraction of sp³-hybridized carbons (Fsp3) is 0.200. The summed E-state index contributed by atoms with van der Waals surface area (Å²) in [6.07, 6.45) is 0. The van der Waals surface area contributed by atoms with Crippen LogP contribution in [0, 0.1) is 13.8 Å². The molecule has 0 spiro atoms. The van der Waals surface area contributed by atoms with Gasteiger partial charge in [-0.3, -0.25) is 0 Å². The van der Waals surface area contributed by atoms with Gasteiger partial charge in [0.25, 0.3) is 0 Å². The number of benzene rings is 1. The molecule has 0 aliphatic carbocycles. The van der Waals surface area contributed by atoms with Gasteiger partial charge in [0.15, 0.2) is 0 Å². The highest BCUT2D eigenvalue weighted by Crippen LogP contribution is 2.13. The summed E-state index contributed by atoms with van der Waals surface area (Å²) in [5, 5.41) is 0. The Hall–Kier alpha value is -0.870. The molecule has 0 N–H and O–H groups in total. The minimum Gasteiger partial charge on any atom is -0.207 e. The highest BCUT2D eigenvalue weighted by atomic mass is 32.2. The lowest BCUT2D eigenvalue weighted by Gasteiger charge is -2.17. The van der Waals surface area contributed by atoms with Crippen LogP contribution in [0.1, 0.15) is 0 Å². The van der Waals surface area contributed by atoms with Crippen LogP contribution >= 0.6 is 0 Å². The zero-order valence-corrected chi connectivity index (χ0v) is 8.70. The Bertz CT molecular complexity index is 368. The van der Waals surface area contributed by atoms with Crippen molar-refractivity contribution >= 4 is 10.0 Å². The van der Waals surface area contributed by atoms with Gasteiger partial charge in [-0.05, 0) is 26.0 Å². The Morgan fingerprint density at radius 3 is 2.00 bits per heavy atom. The Balaban J connectivity index is 3.08. The van der Waals surface area contributed by atoms with Gasteiger partial charge in [-0.1, -0.05) is 18.2 Å². The number of hydrogen-bond acceptors (Lipinski definition) is 2. The molecule has 0 fully saturated rings. The quantitative estimate of drug-likeness (QED) is 0.753. The van der Waals surface area contributed by atoms with E-state index in [1.807, 2.05) is 0 Å². The first-order valence-corrected chi connectivity index (χ1v) is 5.70. The SMILES string of the molecule is [CH2]CN(C[CH2])S(=O)(=O)c1ccccc1. The Morgan fingerprint density at radius 1 is 1.07 bits per heavy atom. The van der Waals surface area contributed by atoms with Crippen molar-refractivity contribution < 1.29 is 8.42 Å². The van der Waals surface area contributed by atoms with E-state index >= 15 is 0 Å². The summed E-state index contributed by atoms with van der Waals surface area (Å²) in [5.41, 5.74) is 0. The molecule has 0 saturated heterocycles. The highest BCUT2D eigenvalue weighted by molar-refractivity contribution is 7.89. The normalized spacial score (nSPS) is 11.9. The molecule has 0 saturated carbocycles. The van der Waals surface area contributed by atoms with Crippen molar-refractivity contribution in [3.63, 3.8) is 0 Å². The van der Waals surface area contributed by atoms with Crippen molar-refractivity contribution in [2.75, 3.05) is 13.1 Å². The molecule has 0 amide bonds. The smallest absolute Gasteiger partial charge is 0.207 e. The second-order valence-electron chi connectivity index (χ2n) is 2.72. The Morgan fingerprint density at radius 2 is 1.57 bits per heavy atom. The van der Waals surface area contributed by atoms with Crippen LogP contribution in [0.3, 0.4) is 0 Å². The van der Waals surface area contributed by atoms with Crippen LogP contribution in [0.5, 0.6) is 0 Å². The second-order valence-corrected chi connectivity index (χ2v) is 4.66. The predicted octanol–water partition coefficient (Wildman–Crippen LogP) is 1.35. The Kier molecular flexibility index (Phi) is 3.66. The van der Waals surface area contributed by atoms with Gasteiger partial charge in [0, 0.05) is 13.1 Å². The molecule has 0 heterocycles. The fourth-order valence-electron chi connectivity index (χ4n) is 1.09. The molecule has 1 aromatic carbocycles. The summed E-state index contributed by atoms with van der Waals surface area (Å²) in [4.78, 5) is 0.285. The molecule has 3 nitrogen and oxygen atoms in total. The van der Waals surface area contributed by atoms with E-state index < -0.39 is 10.0 Å². The van der Waals surface area contributed by atoms with Crippen LogP contribution in [0.15, 0.2) is 35.2 Å². The van der Waals surface area contributed by atoms with E-state index in [2.05, 4.69) is 13.8 Å². The molecule has 1 rings (SSSR count). The summed E-state index contributed by atoms with van der Waals surface area (Å²) in [6, 6.07) is 8.29. The lowest BCUT2D eigenvalue weighted by atomic mass is 10.4. The first-order chi connectivity index (χ1) is 6.62. The topological polar surface area (TPSA) is 37.4 Å². The summed E-state index contributed by atoms with van der Waals surface area (Å²) < 4.78 is 24.9. The number of nitrogens with zero attached hydrogens (tertiary/aromatic N) is 1. The highest BCUT2D eigenvalue weighted by Gasteiger charge is 2.20. The van der Waals surface area contributed by atoms with Crippen LogP contribution in [0.25, 0.3) is 0 Å². The molecule has 0 unspecified atom stereocenters. The first-order valence-electron chi connectivity index (χ1n) is 4.26. The van der Waals surface area contributed by atoms with Crippen molar-refractivity contribution in [3.05, 3.63) is 44.2 Å². The van der Waals surface area contributed by atoms with Gasteiger partial charge in [0.2, 0.25) is 10.0 Å². The molecular weight excluding hydrogens is 198 g/mol. The average Bonchev–Trinajstić information content (AvgIpc) is 2.20. The average molecular weight is 211 g/mol. The van der Waals surface area contributed by atoms with Gasteiger partial charge in [-0.25, -0.2) is 8.42 Å². The zero-order chi connectivity index (χ0) is 10.6. The fourth-order valence-corrected chi connectivity index (χ4v) is 2.37. The van der Waals surface area contributed by atoms with Gasteiger partial charge in [0.1, 0.15) is 0 Å². The van der Waals surface area contributed by atoms with Gasteiger partial charge < -0.3 is 0 Å². The van der Waals surface area contributed by atoms with Crippen molar-refractivity contribution in [2.45, 2.75) is 4.90 Å². The summed E-state index contributed by atoms with van der Waals surface area (Å²) >= 11 is 0. The summed E-state index contributed by atoms with van der Waals surface area (Å²) in [7, 11) is -3.39. The van der Waals surface area contributed by atoms with Crippen LogP contribution in [0.2, 0.25) is 0 Å². The number of sulfonamides is 1. The molecule has 0 aliphatic rings. The predicted molar refractivity (Wildman–Crippen MR) is 55.9 cm³/mol. The monoisotopic (exact) mass is 211 g/mol.